The van der Waals surface area contributed by atoms with E-state index in [2.05, 4.69) is 21.3 Å². The Hall–Kier alpha value is -2.27. The van der Waals surface area contributed by atoms with E-state index in [4.69, 9.17) is 5.11 Å². The van der Waals surface area contributed by atoms with E-state index in [9.17, 15) is 0 Å². The second kappa shape index (κ2) is 5.50. The van der Waals surface area contributed by atoms with Crippen LogP contribution in [0.5, 0.6) is 0 Å². The first kappa shape index (κ1) is 13.4. The average molecular weight is 294 g/mol. The maximum absolute atomic E-state index is 8.96. The van der Waals surface area contributed by atoms with Gasteiger partial charge in [-0.2, -0.15) is 5.10 Å². The molecule has 0 atom stereocenters. The van der Waals surface area contributed by atoms with Gasteiger partial charge in [-0.15, -0.1) is 0 Å². The predicted octanol–water partition coefficient (Wildman–Crippen LogP) is 2.83. The van der Waals surface area contributed by atoms with Crippen LogP contribution in [0, 0.1) is 5.92 Å². The quantitative estimate of drug-likeness (QED) is 0.803. The largest absolute Gasteiger partial charge is 0.396 e. The van der Waals surface area contributed by atoms with Crippen LogP contribution in [-0.4, -0.2) is 31.5 Å². The van der Waals surface area contributed by atoms with Gasteiger partial charge in [0.15, 0.2) is 0 Å². The van der Waals surface area contributed by atoms with E-state index in [0.717, 1.165) is 41.6 Å². The maximum Gasteiger partial charge on any atom is 0.0924 e. The van der Waals surface area contributed by atoms with Crippen molar-refractivity contribution in [2.75, 3.05) is 6.61 Å². The van der Waals surface area contributed by atoms with E-state index < -0.39 is 0 Å². The zero-order chi connectivity index (χ0) is 14.9. The minimum Gasteiger partial charge on any atom is -0.396 e. The van der Waals surface area contributed by atoms with Crippen molar-refractivity contribution in [3.8, 4) is 11.3 Å². The number of hydrogen-bond donors (Lipinski definition) is 1. The molecule has 5 nitrogen and oxygen atoms in total. The number of aromatic nitrogens is 4. The maximum atomic E-state index is 8.96. The summed E-state index contributed by atoms with van der Waals surface area (Å²) in [5.41, 5.74) is 3.67. The van der Waals surface area contributed by atoms with E-state index in [0.29, 0.717) is 12.0 Å². The van der Waals surface area contributed by atoms with Crippen molar-refractivity contribution in [1.82, 2.24) is 19.7 Å². The van der Waals surface area contributed by atoms with Crippen LogP contribution in [0.1, 0.15) is 25.3 Å². The summed E-state index contributed by atoms with van der Waals surface area (Å²) in [5.74, 6) is 0.642. The fraction of sp³-hybridized carbons (Fsp3) is 0.353. The molecule has 1 aromatic carbocycles. The third-order valence-electron chi connectivity index (χ3n) is 4.47. The van der Waals surface area contributed by atoms with Crippen LogP contribution in [0.2, 0.25) is 0 Å². The second-order valence-electron chi connectivity index (χ2n) is 5.96. The Balaban J connectivity index is 1.55. The van der Waals surface area contributed by atoms with Crippen LogP contribution < -0.4 is 0 Å². The van der Waals surface area contributed by atoms with Gasteiger partial charge >= 0.3 is 0 Å². The molecule has 1 fully saturated rings. The lowest BCUT2D eigenvalue weighted by Gasteiger charge is -2.35. The first-order valence-corrected chi connectivity index (χ1v) is 7.70. The number of aliphatic hydroxyl groups excluding tert-OH is 1. The number of para-hydroxylation sites is 2. The van der Waals surface area contributed by atoms with Gasteiger partial charge in [-0.05, 0) is 37.3 Å². The fourth-order valence-corrected chi connectivity index (χ4v) is 3.10. The molecule has 112 valence electrons. The van der Waals surface area contributed by atoms with Crippen molar-refractivity contribution in [3.63, 3.8) is 0 Å². The number of benzene rings is 1. The van der Waals surface area contributed by atoms with Crippen LogP contribution in [0.3, 0.4) is 0 Å². The number of rotatable bonds is 4. The molecule has 2 heterocycles. The Labute approximate surface area is 128 Å². The van der Waals surface area contributed by atoms with E-state index in [1.165, 1.54) is 0 Å². The summed E-state index contributed by atoms with van der Waals surface area (Å²) in [6, 6.07) is 8.33. The van der Waals surface area contributed by atoms with Crippen LogP contribution in [0.4, 0.5) is 0 Å². The number of hydrogen-bond acceptors (Lipinski definition) is 4. The van der Waals surface area contributed by atoms with Gasteiger partial charge in [0, 0.05) is 18.4 Å². The average Bonchev–Trinajstić information content (AvgIpc) is 2.99. The molecule has 0 bridgehead atoms. The zero-order valence-electron chi connectivity index (χ0n) is 12.3. The van der Waals surface area contributed by atoms with Crippen molar-refractivity contribution in [1.29, 1.82) is 0 Å². The molecule has 1 aliphatic carbocycles. The fourth-order valence-electron chi connectivity index (χ4n) is 3.10. The highest BCUT2D eigenvalue weighted by Gasteiger charge is 2.30. The molecule has 0 spiro atoms. The number of fused-ring (bicyclic) bond motifs is 1. The SMILES string of the molecule is OCCC1CC(n2cc(-c3cnc4ccccc4n3)cn2)C1. The Morgan fingerprint density at radius 2 is 1.95 bits per heavy atom. The third-order valence-corrected chi connectivity index (χ3v) is 4.47. The second-order valence-corrected chi connectivity index (χ2v) is 5.96. The molecule has 0 aliphatic heterocycles. The van der Waals surface area contributed by atoms with Gasteiger partial charge in [-0.3, -0.25) is 9.67 Å². The van der Waals surface area contributed by atoms with Crippen LogP contribution in [-0.2, 0) is 0 Å². The summed E-state index contributed by atoms with van der Waals surface area (Å²) in [6.07, 6.45) is 8.83. The first-order valence-electron chi connectivity index (χ1n) is 7.70. The number of nitrogens with zero attached hydrogens (tertiary/aromatic N) is 4. The molecular formula is C17H18N4O. The van der Waals surface area contributed by atoms with Crippen molar-refractivity contribution in [3.05, 3.63) is 42.9 Å². The van der Waals surface area contributed by atoms with Gasteiger partial charge in [0.2, 0.25) is 0 Å². The zero-order valence-corrected chi connectivity index (χ0v) is 12.3. The Kier molecular flexibility index (Phi) is 3.35. The van der Waals surface area contributed by atoms with Crippen LogP contribution in [0.25, 0.3) is 22.3 Å². The summed E-state index contributed by atoms with van der Waals surface area (Å²) < 4.78 is 2.03. The van der Waals surface area contributed by atoms with Gasteiger partial charge in [0.25, 0.3) is 0 Å². The van der Waals surface area contributed by atoms with Crippen molar-refractivity contribution >= 4 is 11.0 Å². The predicted molar refractivity (Wildman–Crippen MR) is 84.2 cm³/mol. The standard InChI is InChI=1S/C17H18N4O/c22-6-5-12-7-14(8-12)21-11-13(9-19-21)17-10-18-15-3-1-2-4-16(15)20-17/h1-4,9-12,14,22H,5-8H2. The highest BCUT2D eigenvalue weighted by Crippen LogP contribution is 2.39. The molecule has 0 radical (unpaired) electrons. The summed E-state index contributed by atoms with van der Waals surface area (Å²) in [6.45, 7) is 0.286. The molecule has 0 unspecified atom stereocenters. The van der Waals surface area contributed by atoms with Gasteiger partial charge < -0.3 is 5.11 Å². The van der Waals surface area contributed by atoms with Gasteiger partial charge in [-0.25, -0.2) is 4.98 Å². The Morgan fingerprint density at radius 1 is 1.14 bits per heavy atom. The first-order chi connectivity index (χ1) is 10.8. The molecular weight excluding hydrogens is 276 g/mol. The molecule has 3 aromatic rings. The molecule has 1 N–H and O–H groups in total. The highest BCUT2D eigenvalue weighted by atomic mass is 16.3. The molecule has 0 amide bonds. The lowest BCUT2D eigenvalue weighted by atomic mass is 9.78. The summed E-state index contributed by atoms with van der Waals surface area (Å²) in [5, 5.41) is 13.4. The molecule has 22 heavy (non-hydrogen) atoms. The van der Waals surface area contributed by atoms with E-state index >= 15 is 0 Å². The molecule has 5 heteroatoms. The van der Waals surface area contributed by atoms with Crippen molar-refractivity contribution < 1.29 is 5.11 Å². The van der Waals surface area contributed by atoms with E-state index in [1.54, 1.807) is 6.20 Å². The van der Waals surface area contributed by atoms with E-state index in [1.807, 2.05) is 35.1 Å². The molecule has 0 saturated heterocycles. The highest BCUT2D eigenvalue weighted by molar-refractivity contribution is 5.76. The van der Waals surface area contributed by atoms with Crippen molar-refractivity contribution in [2.24, 2.45) is 5.92 Å². The van der Waals surface area contributed by atoms with Gasteiger partial charge in [-0.1, -0.05) is 12.1 Å². The van der Waals surface area contributed by atoms with Gasteiger partial charge in [0.05, 0.1) is 35.2 Å². The minimum atomic E-state index is 0.286. The van der Waals surface area contributed by atoms with Crippen LogP contribution >= 0.6 is 0 Å². The van der Waals surface area contributed by atoms with E-state index in [-0.39, 0.29) is 6.61 Å². The molecule has 4 rings (SSSR count). The summed E-state index contributed by atoms with van der Waals surface area (Å²) in [7, 11) is 0. The topological polar surface area (TPSA) is 63.8 Å². The lowest BCUT2D eigenvalue weighted by Crippen LogP contribution is -2.27. The lowest BCUT2D eigenvalue weighted by molar-refractivity contribution is 0.142. The minimum absolute atomic E-state index is 0.286. The third kappa shape index (κ3) is 2.37. The monoisotopic (exact) mass is 294 g/mol. The van der Waals surface area contributed by atoms with Gasteiger partial charge in [0.1, 0.15) is 0 Å². The molecule has 2 aromatic heterocycles. The summed E-state index contributed by atoms with van der Waals surface area (Å²) in [4.78, 5) is 9.11. The van der Waals surface area contributed by atoms with Crippen molar-refractivity contribution in [2.45, 2.75) is 25.3 Å². The Bertz CT molecular complexity index is 792. The molecule has 1 aliphatic rings. The summed E-state index contributed by atoms with van der Waals surface area (Å²) >= 11 is 0. The molecule has 1 saturated carbocycles. The Morgan fingerprint density at radius 3 is 2.77 bits per heavy atom. The van der Waals surface area contributed by atoms with Crippen LogP contribution in [0.15, 0.2) is 42.9 Å². The smallest absolute Gasteiger partial charge is 0.0924 e. The number of aliphatic hydroxyl groups is 1. The normalized spacial score (nSPS) is 21.0.